The van der Waals surface area contributed by atoms with Gasteiger partial charge in [0.25, 0.3) is 0 Å². The van der Waals surface area contributed by atoms with Crippen molar-refractivity contribution in [2.75, 3.05) is 14.2 Å². The van der Waals surface area contributed by atoms with Gasteiger partial charge in [0.2, 0.25) is 5.82 Å². The minimum Gasteiger partial charge on any atom is -0.505 e. The third-order valence-corrected chi connectivity index (χ3v) is 1.69. The topological polar surface area (TPSA) is 55.8 Å². The fourth-order valence-corrected chi connectivity index (χ4v) is 1.02. The van der Waals surface area contributed by atoms with Crippen LogP contribution in [0.4, 0.5) is 4.39 Å². The van der Waals surface area contributed by atoms with Gasteiger partial charge in [-0.25, -0.2) is 4.79 Å². The number of rotatable bonds is 2. The average Bonchev–Trinajstić information content (AvgIpc) is 2.20. The number of phenols is 1. The van der Waals surface area contributed by atoms with Gasteiger partial charge in [0.05, 0.1) is 14.2 Å². The molecule has 0 saturated carbocycles. The number of halogens is 1. The molecule has 0 aromatic heterocycles. The van der Waals surface area contributed by atoms with E-state index in [1.807, 2.05) is 0 Å². The van der Waals surface area contributed by atoms with Crippen molar-refractivity contribution in [2.24, 2.45) is 0 Å². The van der Waals surface area contributed by atoms with Gasteiger partial charge in [-0.15, -0.1) is 0 Å². The Kier molecular flexibility index (Phi) is 2.91. The van der Waals surface area contributed by atoms with Gasteiger partial charge in [0, 0.05) is 0 Å². The molecule has 0 aliphatic heterocycles. The predicted molar refractivity (Wildman–Crippen MR) is 46.0 cm³/mol. The van der Waals surface area contributed by atoms with E-state index in [9.17, 15) is 9.18 Å². The third-order valence-electron chi connectivity index (χ3n) is 1.69. The van der Waals surface area contributed by atoms with Crippen LogP contribution in [-0.2, 0) is 4.74 Å². The van der Waals surface area contributed by atoms with Crippen molar-refractivity contribution in [1.29, 1.82) is 0 Å². The van der Waals surface area contributed by atoms with Crippen molar-refractivity contribution in [2.45, 2.75) is 0 Å². The number of hydrogen-bond donors (Lipinski definition) is 1. The second-order valence-electron chi connectivity index (χ2n) is 2.47. The maximum atomic E-state index is 13.2. The first kappa shape index (κ1) is 10.3. The number of carbonyl (C=O) groups excluding carboxylic acids is 1. The van der Waals surface area contributed by atoms with E-state index in [0.717, 1.165) is 6.07 Å². The van der Waals surface area contributed by atoms with Crippen LogP contribution in [-0.4, -0.2) is 25.3 Å². The van der Waals surface area contributed by atoms with E-state index >= 15 is 0 Å². The molecule has 1 aromatic carbocycles. The summed E-state index contributed by atoms with van der Waals surface area (Å²) in [6.45, 7) is 0. The number of carbonyl (C=O) groups is 1. The molecular formula is C9H9FO4. The standard InChI is InChI=1S/C9H9FO4/c1-13-8-5(9(12)14-2)3-4-6(11)7(8)10/h3-4,11H,1-2H3. The van der Waals surface area contributed by atoms with Gasteiger partial charge in [-0.05, 0) is 12.1 Å². The fourth-order valence-electron chi connectivity index (χ4n) is 1.02. The summed E-state index contributed by atoms with van der Waals surface area (Å²) in [5.74, 6) is -2.59. The molecule has 0 aliphatic rings. The third kappa shape index (κ3) is 1.61. The molecule has 0 heterocycles. The van der Waals surface area contributed by atoms with Crippen molar-refractivity contribution < 1.29 is 23.8 Å². The van der Waals surface area contributed by atoms with E-state index in [4.69, 9.17) is 5.11 Å². The van der Waals surface area contributed by atoms with Crippen LogP contribution in [0.5, 0.6) is 11.5 Å². The molecular weight excluding hydrogens is 191 g/mol. The Bertz CT molecular complexity index is 362. The van der Waals surface area contributed by atoms with Gasteiger partial charge in [-0.3, -0.25) is 0 Å². The Labute approximate surface area is 79.9 Å². The van der Waals surface area contributed by atoms with Gasteiger partial charge in [-0.2, -0.15) is 4.39 Å². The SMILES string of the molecule is COC(=O)c1ccc(O)c(F)c1OC. The summed E-state index contributed by atoms with van der Waals surface area (Å²) in [4.78, 5) is 11.1. The summed E-state index contributed by atoms with van der Waals surface area (Å²) < 4.78 is 22.2. The normalized spacial score (nSPS) is 9.64. The number of esters is 1. The molecule has 4 nitrogen and oxygen atoms in total. The average molecular weight is 200 g/mol. The highest BCUT2D eigenvalue weighted by molar-refractivity contribution is 5.92. The van der Waals surface area contributed by atoms with Crippen LogP contribution < -0.4 is 4.74 Å². The van der Waals surface area contributed by atoms with Crippen molar-refractivity contribution in [3.63, 3.8) is 0 Å². The molecule has 0 fully saturated rings. The van der Waals surface area contributed by atoms with Crippen LogP contribution in [0.3, 0.4) is 0 Å². The van der Waals surface area contributed by atoms with Crippen LogP contribution in [0.2, 0.25) is 0 Å². The Morgan fingerprint density at radius 1 is 1.43 bits per heavy atom. The second kappa shape index (κ2) is 3.95. The Morgan fingerprint density at radius 2 is 2.07 bits per heavy atom. The maximum absolute atomic E-state index is 13.2. The lowest BCUT2D eigenvalue weighted by Crippen LogP contribution is -2.05. The lowest BCUT2D eigenvalue weighted by Gasteiger charge is -2.08. The highest BCUT2D eigenvalue weighted by Crippen LogP contribution is 2.29. The molecule has 0 radical (unpaired) electrons. The molecule has 1 aromatic rings. The summed E-state index contributed by atoms with van der Waals surface area (Å²) in [6, 6.07) is 2.28. The van der Waals surface area contributed by atoms with Gasteiger partial charge in [0.15, 0.2) is 11.5 Å². The van der Waals surface area contributed by atoms with Gasteiger partial charge in [-0.1, -0.05) is 0 Å². The molecule has 1 N–H and O–H groups in total. The van der Waals surface area contributed by atoms with E-state index in [2.05, 4.69) is 9.47 Å². The van der Waals surface area contributed by atoms with Crippen LogP contribution in [0.25, 0.3) is 0 Å². The second-order valence-corrected chi connectivity index (χ2v) is 2.47. The zero-order chi connectivity index (χ0) is 10.7. The fraction of sp³-hybridized carbons (Fsp3) is 0.222. The Hall–Kier alpha value is -1.78. The van der Waals surface area contributed by atoms with E-state index in [1.54, 1.807) is 0 Å². The smallest absolute Gasteiger partial charge is 0.341 e. The van der Waals surface area contributed by atoms with Crippen molar-refractivity contribution in [3.05, 3.63) is 23.5 Å². The van der Waals surface area contributed by atoms with E-state index < -0.39 is 17.5 Å². The van der Waals surface area contributed by atoms with Crippen LogP contribution in [0, 0.1) is 5.82 Å². The summed E-state index contributed by atoms with van der Waals surface area (Å²) in [7, 11) is 2.37. The molecule has 0 amide bonds. The Balaban J connectivity index is 3.31. The maximum Gasteiger partial charge on any atom is 0.341 e. The van der Waals surface area contributed by atoms with E-state index in [1.165, 1.54) is 20.3 Å². The monoisotopic (exact) mass is 200 g/mol. The largest absolute Gasteiger partial charge is 0.505 e. The van der Waals surface area contributed by atoms with Crippen molar-refractivity contribution in [3.8, 4) is 11.5 Å². The van der Waals surface area contributed by atoms with Crippen molar-refractivity contribution >= 4 is 5.97 Å². The number of hydrogen-bond acceptors (Lipinski definition) is 4. The molecule has 0 bridgehead atoms. The lowest BCUT2D eigenvalue weighted by molar-refractivity contribution is 0.0596. The van der Waals surface area contributed by atoms with Crippen LogP contribution in [0.1, 0.15) is 10.4 Å². The number of phenolic OH excluding ortho intramolecular Hbond substituents is 1. The van der Waals surface area contributed by atoms with Gasteiger partial charge < -0.3 is 14.6 Å². The molecule has 0 aliphatic carbocycles. The number of benzene rings is 1. The number of aromatic hydroxyl groups is 1. The molecule has 0 atom stereocenters. The molecule has 14 heavy (non-hydrogen) atoms. The summed E-state index contributed by atoms with van der Waals surface area (Å²) in [5, 5.41) is 9.00. The van der Waals surface area contributed by atoms with Gasteiger partial charge >= 0.3 is 5.97 Å². The molecule has 0 saturated heterocycles. The highest BCUT2D eigenvalue weighted by atomic mass is 19.1. The summed E-state index contributed by atoms with van der Waals surface area (Å²) in [5.41, 5.74) is -0.0645. The zero-order valence-corrected chi connectivity index (χ0v) is 7.70. The molecule has 0 unspecified atom stereocenters. The number of methoxy groups -OCH3 is 2. The molecule has 76 valence electrons. The van der Waals surface area contributed by atoms with E-state index in [0.29, 0.717) is 0 Å². The molecule has 5 heteroatoms. The minimum absolute atomic E-state index is 0.0645. The number of ether oxygens (including phenoxy) is 2. The first-order valence-corrected chi connectivity index (χ1v) is 3.75. The molecule has 1 rings (SSSR count). The molecule has 0 spiro atoms. The first-order chi connectivity index (χ1) is 6.61. The van der Waals surface area contributed by atoms with Gasteiger partial charge in [0.1, 0.15) is 5.56 Å². The quantitative estimate of drug-likeness (QED) is 0.731. The summed E-state index contributed by atoms with van der Waals surface area (Å²) >= 11 is 0. The first-order valence-electron chi connectivity index (χ1n) is 3.75. The highest BCUT2D eigenvalue weighted by Gasteiger charge is 2.19. The van der Waals surface area contributed by atoms with E-state index in [-0.39, 0.29) is 11.3 Å². The predicted octanol–water partition coefficient (Wildman–Crippen LogP) is 1.33. The van der Waals surface area contributed by atoms with Crippen LogP contribution >= 0.6 is 0 Å². The summed E-state index contributed by atoms with van der Waals surface area (Å²) in [6.07, 6.45) is 0. The zero-order valence-electron chi connectivity index (χ0n) is 7.70. The minimum atomic E-state index is -0.976. The van der Waals surface area contributed by atoms with Crippen LogP contribution in [0.15, 0.2) is 12.1 Å². The lowest BCUT2D eigenvalue weighted by atomic mass is 10.2. The van der Waals surface area contributed by atoms with Crippen molar-refractivity contribution in [1.82, 2.24) is 0 Å². The Morgan fingerprint density at radius 3 is 2.57 bits per heavy atom.